The molecule has 3 heterocycles. The van der Waals surface area contributed by atoms with E-state index in [-0.39, 0.29) is 11.9 Å². The maximum absolute atomic E-state index is 11.2. The SMILES string of the molecule is Cc1cc(-c2c(C)noc2C)nc([C@@H]2CCCCN2CCC(N)=O)n1. The maximum Gasteiger partial charge on any atom is 0.218 e. The van der Waals surface area contributed by atoms with E-state index in [1.807, 2.05) is 26.8 Å². The van der Waals surface area contributed by atoms with Crippen LogP contribution in [0.4, 0.5) is 0 Å². The normalized spacial score (nSPS) is 18.4. The van der Waals surface area contributed by atoms with Crippen molar-refractivity contribution in [1.82, 2.24) is 20.0 Å². The van der Waals surface area contributed by atoms with Crippen molar-refractivity contribution in [2.75, 3.05) is 13.1 Å². The van der Waals surface area contributed by atoms with E-state index in [1.165, 1.54) is 0 Å². The molecule has 2 aromatic heterocycles. The summed E-state index contributed by atoms with van der Waals surface area (Å²) in [6.45, 7) is 7.38. The Balaban J connectivity index is 1.94. The lowest BCUT2D eigenvalue weighted by atomic mass is 10.0. The fourth-order valence-corrected chi connectivity index (χ4v) is 3.52. The van der Waals surface area contributed by atoms with Crippen molar-refractivity contribution in [2.24, 2.45) is 5.73 Å². The molecule has 0 unspecified atom stereocenters. The van der Waals surface area contributed by atoms with Gasteiger partial charge < -0.3 is 10.3 Å². The number of rotatable bonds is 5. The van der Waals surface area contributed by atoms with Crippen LogP contribution < -0.4 is 5.73 Å². The van der Waals surface area contributed by atoms with Gasteiger partial charge in [-0.3, -0.25) is 9.69 Å². The molecule has 2 N–H and O–H groups in total. The lowest BCUT2D eigenvalue weighted by Crippen LogP contribution is -2.36. The van der Waals surface area contributed by atoms with Crippen molar-refractivity contribution in [3.8, 4) is 11.3 Å². The molecule has 1 atom stereocenters. The minimum absolute atomic E-state index is 0.118. The summed E-state index contributed by atoms with van der Waals surface area (Å²) in [5.74, 6) is 1.29. The molecule has 1 aliphatic rings. The number of likely N-dealkylation sites (tertiary alicyclic amines) is 1. The Kier molecular flexibility index (Phi) is 5.13. The third-order valence-corrected chi connectivity index (χ3v) is 4.72. The lowest BCUT2D eigenvalue weighted by molar-refractivity contribution is -0.118. The van der Waals surface area contributed by atoms with E-state index in [0.29, 0.717) is 13.0 Å². The monoisotopic (exact) mass is 343 g/mol. The van der Waals surface area contributed by atoms with E-state index in [2.05, 4.69) is 15.0 Å². The van der Waals surface area contributed by atoms with Gasteiger partial charge in [0.25, 0.3) is 0 Å². The minimum Gasteiger partial charge on any atom is -0.370 e. The molecule has 0 saturated carbocycles. The van der Waals surface area contributed by atoms with Gasteiger partial charge in [-0.1, -0.05) is 11.6 Å². The second kappa shape index (κ2) is 7.31. The number of carbonyl (C=O) groups excluding carboxylic acids is 1. The van der Waals surface area contributed by atoms with Gasteiger partial charge in [-0.15, -0.1) is 0 Å². The second-order valence-corrected chi connectivity index (χ2v) is 6.72. The molecule has 1 aliphatic heterocycles. The standard InChI is InChI=1S/C18H25N5O2/c1-11-10-14(17-12(2)22-25-13(17)3)21-18(20-11)15-6-4-5-8-23(15)9-7-16(19)24/h10,15H,4-9H2,1-3H3,(H2,19,24)/t15-/m0/s1. The molecular weight excluding hydrogens is 318 g/mol. The molecule has 0 bridgehead atoms. The van der Waals surface area contributed by atoms with Crippen molar-refractivity contribution in [3.05, 3.63) is 29.0 Å². The number of primary amides is 1. The summed E-state index contributed by atoms with van der Waals surface area (Å²) in [6, 6.07) is 2.08. The van der Waals surface area contributed by atoms with E-state index >= 15 is 0 Å². The number of aryl methyl sites for hydroxylation is 3. The van der Waals surface area contributed by atoms with E-state index in [9.17, 15) is 4.79 Å². The van der Waals surface area contributed by atoms with Crippen LogP contribution in [0.2, 0.25) is 0 Å². The number of aromatic nitrogens is 3. The summed E-state index contributed by atoms with van der Waals surface area (Å²) in [6.07, 6.45) is 3.61. The van der Waals surface area contributed by atoms with Crippen LogP contribution in [-0.2, 0) is 4.79 Å². The zero-order valence-corrected chi connectivity index (χ0v) is 15.1. The van der Waals surface area contributed by atoms with Crippen LogP contribution in [0.1, 0.15) is 54.7 Å². The Labute approximate surface area is 147 Å². The predicted octanol–water partition coefficient (Wildman–Crippen LogP) is 2.46. The number of nitrogens with zero attached hydrogens (tertiary/aromatic N) is 4. The molecule has 1 fully saturated rings. The van der Waals surface area contributed by atoms with Gasteiger partial charge in [0.05, 0.1) is 23.0 Å². The average molecular weight is 343 g/mol. The van der Waals surface area contributed by atoms with E-state index in [1.54, 1.807) is 0 Å². The first-order chi connectivity index (χ1) is 12.0. The van der Waals surface area contributed by atoms with Crippen LogP contribution in [0.15, 0.2) is 10.6 Å². The number of carbonyl (C=O) groups is 1. The number of hydrogen-bond donors (Lipinski definition) is 1. The van der Waals surface area contributed by atoms with Crippen LogP contribution in [0, 0.1) is 20.8 Å². The first-order valence-electron chi connectivity index (χ1n) is 8.77. The number of amides is 1. The van der Waals surface area contributed by atoms with Gasteiger partial charge in [0.1, 0.15) is 11.6 Å². The van der Waals surface area contributed by atoms with Crippen LogP contribution in [0.3, 0.4) is 0 Å². The summed E-state index contributed by atoms with van der Waals surface area (Å²) in [7, 11) is 0. The number of hydrogen-bond acceptors (Lipinski definition) is 6. The van der Waals surface area contributed by atoms with Crippen molar-refractivity contribution >= 4 is 5.91 Å². The highest BCUT2D eigenvalue weighted by Gasteiger charge is 2.27. The zero-order chi connectivity index (χ0) is 18.0. The van der Waals surface area contributed by atoms with Crippen molar-refractivity contribution in [1.29, 1.82) is 0 Å². The van der Waals surface area contributed by atoms with Crippen LogP contribution >= 0.6 is 0 Å². The summed E-state index contributed by atoms with van der Waals surface area (Å²) >= 11 is 0. The molecule has 1 saturated heterocycles. The van der Waals surface area contributed by atoms with Crippen molar-refractivity contribution in [3.63, 3.8) is 0 Å². The fourth-order valence-electron chi connectivity index (χ4n) is 3.52. The predicted molar refractivity (Wildman–Crippen MR) is 93.7 cm³/mol. The van der Waals surface area contributed by atoms with Gasteiger partial charge in [-0.25, -0.2) is 9.97 Å². The number of piperidine rings is 1. The molecule has 0 radical (unpaired) electrons. The Hall–Kier alpha value is -2.28. The largest absolute Gasteiger partial charge is 0.370 e. The van der Waals surface area contributed by atoms with Gasteiger partial charge in [0.15, 0.2) is 0 Å². The van der Waals surface area contributed by atoms with Gasteiger partial charge in [0, 0.05) is 18.7 Å². The van der Waals surface area contributed by atoms with Crippen molar-refractivity contribution in [2.45, 2.75) is 52.5 Å². The average Bonchev–Trinajstić information content (AvgIpc) is 2.91. The van der Waals surface area contributed by atoms with Crippen molar-refractivity contribution < 1.29 is 9.32 Å². The van der Waals surface area contributed by atoms with E-state index in [0.717, 1.165) is 60.0 Å². The van der Waals surface area contributed by atoms with Gasteiger partial charge >= 0.3 is 0 Å². The van der Waals surface area contributed by atoms with Crippen LogP contribution in [0.5, 0.6) is 0 Å². The molecule has 7 nitrogen and oxygen atoms in total. The molecule has 1 amide bonds. The topological polar surface area (TPSA) is 98.1 Å². The van der Waals surface area contributed by atoms with Gasteiger partial charge in [-0.2, -0.15) is 0 Å². The Morgan fingerprint density at radius 1 is 1.32 bits per heavy atom. The first-order valence-corrected chi connectivity index (χ1v) is 8.77. The third kappa shape index (κ3) is 3.87. The Bertz CT molecular complexity index is 751. The van der Waals surface area contributed by atoms with E-state index in [4.69, 9.17) is 15.2 Å². The third-order valence-electron chi connectivity index (χ3n) is 4.72. The zero-order valence-electron chi connectivity index (χ0n) is 15.1. The molecule has 0 aromatic carbocycles. The van der Waals surface area contributed by atoms with Gasteiger partial charge in [0.2, 0.25) is 5.91 Å². The Morgan fingerprint density at radius 2 is 2.12 bits per heavy atom. The molecule has 3 rings (SSSR count). The molecule has 2 aromatic rings. The van der Waals surface area contributed by atoms with E-state index < -0.39 is 0 Å². The summed E-state index contributed by atoms with van der Waals surface area (Å²) in [4.78, 5) is 23.0. The fraction of sp³-hybridized carbons (Fsp3) is 0.556. The highest BCUT2D eigenvalue weighted by atomic mass is 16.5. The van der Waals surface area contributed by atoms with Crippen LogP contribution in [-0.4, -0.2) is 39.0 Å². The smallest absolute Gasteiger partial charge is 0.218 e. The maximum atomic E-state index is 11.2. The first kappa shape index (κ1) is 17.5. The molecule has 25 heavy (non-hydrogen) atoms. The Morgan fingerprint density at radius 3 is 2.80 bits per heavy atom. The molecule has 0 aliphatic carbocycles. The second-order valence-electron chi connectivity index (χ2n) is 6.72. The molecule has 0 spiro atoms. The summed E-state index contributed by atoms with van der Waals surface area (Å²) in [5.41, 5.74) is 8.85. The minimum atomic E-state index is -0.272. The van der Waals surface area contributed by atoms with Crippen LogP contribution in [0.25, 0.3) is 11.3 Å². The highest BCUT2D eigenvalue weighted by molar-refractivity contribution is 5.73. The quantitative estimate of drug-likeness (QED) is 0.895. The van der Waals surface area contributed by atoms with Gasteiger partial charge in [-0.05, 0) is 46.2 Å². The molecular formula is C18H25N5O2. The molecule has 134 valence electrons. The highest BCUT2D eigenvalue weighted by Crippen LogP contribution is 2.32. The summed E-state index contributed by atoms with van der Waals surface area (Å²) < 4.78 is 5.29. The number of nitrogens with two attached hydrogens (primary N) is 1. The summed E-state index contributed by atoms with van der Waals surface area (Å²) in [5, 5.41) is 4.03. The molecule has 7 heteroatoms. The lowest BCUT2D eigenvalue weighted by Gasteiger charge is -2.34.